The summed E-state index contributed by atoms with van der Waals surface area (Å²) in [6.07, 6.45) is -0.154. The van der Waals surface area contributed by atoms with Gasteiger partial charge in [-0.05, 0) is 6.07 Å². The van der Waals surface area contributed by atoms with Crippen molar-refractivity contribution in [2.45, 2.75) is 20.0 Å². The SMILES string of the molecule is CC1(C)CO[C@@H]1c1ccccc1[N+](=O)[O-]. The van der Waals surface area contributed by atoms with Crippen molar-refractivity contribution in [3.05, 3.63) is 39.9 Å². The van der Waals surface area contributed by atoms with Crippen LogP contribution in [0.3, 0.4) is 0 Å². The second kappa shape index (κ2) is 3.31. The van der Waals surface area contributed by atoms with Gasteiger partial charge in [-0.3, -0.25) is 10.1 Å². The van der Waals surface area contributed by atoms with Gasteiger partial charge >= 0.3 is 0 Å². The maximum Gasteiger partial charge on any atom is 0.275 e. The van der Waals surface area contributed by atoms with Crippen molar-refractivity contribution in [3.8, 4) is 0 Å². The molecule has 0 saturated carbocycles. The molecule has 1 heterocycles. The molecule has 0 radical (unpaired) electrons. The number of benzene rings is 1. The van der Waals surface area contributed by atoms with Crippen molar-refractivity contribution >= 4 is 5.69 Å². The van der Waals surface area contributed by atoms with Gasteiger partial charge in [-0.2, -0.15) is 0 Å². The standard InChI is InChI=1S/C11H13NO3/c1-11(2)7-15-10(11)8-5-3-4-6-9(8)12(13)14/h3-6,10H,7H2,1-2H3/t10-/m1/s1. The van der Waals surface area contributed by atoms with Crippen LogP contribution in [0.1, 0.15) is 25.5 Å². The van der Waals surface area contributed by atoms with Gasteiger partial charge in [0.2, 0.25) is 0 Å². The minimum Gasteiger partial charge on any atom is -0.372 e. The molecule has 1 aromatic rings. The molecule has 1 atom stereocenters. The molecule has 0 unspecified atom stereocenters. The molecule has 1 aromatic carbocycles. The van der Waals surface area contributed by atoms with Gasteiger partial charge < -0.3 is 4.74 Å². The largest absolute Gasteiger partial charge is 0.372 e. The van der Waals surface area contributed by atoms with Crippen molar-refractivity contribution < 1.29 is 9.66 Å². The molecule has 0 N–H and O–H groups in total. The van der Waals surface area contributed by atoms with Crippen LogP contribution in [0.15, 0.2) is 24.3 Å². The number of nitro groups is 1. The number of para-hydroxylation sites is 1. The summed E-state index contributed by atoms with van der Waals surface area (Å²) in [6, 6.07) is 6.77. The highest BCUT2D eigenvalue weighted by Gasteiger charge is 2.43. The second-order valence-electron chi connectivity index (χ2n) is 4.50. The van der Waals surface area contributed by atoms with E-state index in [1.165, 1.54) is 6.07 Å². The summed E-state index contributed by atoms with van der Waals surface area (Å²) in [7, 11) is 0. The maximum absolute atomic E-state index is 10.8. The molecule has 1 aliphatic heterocycles. The van der Waals surface area contributed by atoms with Crippen LogP contribution in [0.25, 0.3) is 0 Å². The molecular weight excluding hydrogens is 194 g/mol. The van der Waals surface area contributed by atoms with Gasteiger partial charge in [0.1, 0.15) is 0 Å². The molecule has 80 valence electrons. The molecule has 0 amide bonds. The zero-order valence-electron chi connectivity index (χ0n) is 8.77. The summed E-state index contributed by atoms with van der Waals surface area (Å²) in [5.74, 6) is 0. The normalized spacial score (nSPS) is 23.2. The van der Waals surface area contributed by atoms with Crippen molar-refractivity contribution in [2.75, 3.05) is 6.61 Å². The van der Waals surface area contributed by atoms with Gasteiger partial charge in [-0.15, -0.1) is 0 Å². The number of rotatable bonds is 2. The summed E-state index contributed by atoms with van der Waals surface area (Å²) in [4.78, 5) is 10.5. The predicted molar refractivity (Wildman–Crippen MR) is 55.6 cm³/mol. The lowest BCUT2D eigenvalue weighted by Crippen LogP contribution is -2.40. The Hall–Kier alpha value is -1.42. The fourth-order valence-corrected chi connectivity index (χ4v) is 1.89. The highest BCUT2D eigenvalue weighted by atomic mass is 16.6. The van der Waals surface area contributed by atoms with E-state index < -0.39 is 0 Å². The van der Waals surface area contributed by atoms with E-state index in [4.69, 9.17) is 4.74 Å². The Morgan fingerprint density at radius 2 is 2.13 bits per heavy atom. The molecule has 0 bridgehead atoms. The summed E-state index contributed by atoms with van der Waals surface area (Å²) in [5, 5.41) is 10.8. The van der Waals surface area contributed by atoms with E-state index in [-0.39, 0.29) is 22.1 Å². The third-order valence-corrected chi connectivity index (χ3v) is 2.75. The molecule has 2 rings (SSSR count). The first-order valence-electron chi connectivity index (χ1n) is 4.87. The average Bonchev–Trinajstić information content (AvgIpc) is 2.17. The number of ether oxygens (including phenoxy) is 1. The van der Waals surface area contributed by atoms with Crippen molar-refractivity contribution in [2.24, 2.45) is 5.41 Å². The molecule has 0 aliphatic carbocycles. The van der Waals surface area contributed by atoms with Crippen LogP contribution in [0.2, 0.25) is 0 Å². The molecule has 4 nitrogen and oxygen atoms in total. The smallest absolute Gasteiger partial charge is 0.275 e. The minimum absolute atomic E-state index is 0.00782. The fraction of sp³-hybridized carbons (Fsp3) is 0.455. The van der Waals surface area contributed by atoms with Gasteiger partial charge in [0.05, 0.1) is 23.2 Å². The lowest BCUT2D eigenvalue weighted by Gasteiger charge is -2.44. The fourth-order valence-electron chi connectivity index (χ4n) is 1.89. The van der Waals surface area contributed by atoms with E-state index in [9.17, 15) is 10.1 Å². The van der Waals surface area contributed by atoms with E-state index >= 15 is 0 Å². The monoisotopic (exact) mass is 207 g/mol. The van der Waals surface area contributed by atoms with Crippen LogP contribution in [0.5, 0.6) is 0 Å². The molecule has 4 heteroatoms. The first-order chi connectivity index (χ1) is 7.02. The average molecular weight is 207 g/mol. The number of nitro benzene ring substituents is 1. The lowest BCUT2D eigenvalue weighted by atomic mass is 9.78. The zero-order chi connectivity index (χ0) is 11.1. The molecule has 15 heavy (non-hydrogen) atoms. The Balaban J connectivity index is 2.40. The first kappa shape index (κ1) is 10.1. The third kappa shape index (κ3) is 1.61. The van der Waals surface area contributed by atoms with Crippen LogP contribution in [0, 0.1) is 15.5 Å². The van der Waals surface area contributed by atoms with Crippen molar-refractivity contribution in [3.63, 3.8) is 0 Å². The topological polar surface area (TPSA) is 52.4 Å². The zero-order valence-corrected chi connectivity index (χ0v) is 8.77. The molecule has 0 aromatic heterocycles. The quantitative estimate of drug-likeness (QED) is 0.553. The molecule has 0 spiro atoms. The van der Waals surface area contributed by atoms with Gasteiger partial charge in [0.15, 0.2) is 0 Å². The van der Waals surface area contributed by atoms with Crippen LogP contribution < -0.4 is 0 Å². The Morgan fingerprint density at radius 1 is 1.47 bits per heavy atom. The Morgan fingerprint density at radius 3 is 2.60 bits per heavy atom. The third-order valence-electron chi connectivity index (χ3n) is 2.75. The molecule has 1 aliphatic rings. The lowest BCUT2D eigenvalue weighted by molar-refractivity contribution is -0.387. The highest BCUT2D eigenvalue weighted by Crippen LogP contribution is 2.47. The van der Waals surface area contributed by atoms with E-state index in [0.29, 0.717) is 12.2 Å². The molecule has 1 saturated heterocycles. The Labute approximate surface area is 88.0 Å². The molecule has 1 fully saturated rings. The number of hydrogen-bond acceptors (Lipinski definition) is 3. The summed E-state index contributed by atoms with van der Waals surface area (Å²) in [5.41, 5.74) is 0.820. The van der Waals surface area contributed by atoms with Crippen LogP contribution in [-0.2, 0) is 4.74 Å². The van der Waals surface area contributed by atoms with Crippen LogP contribution >= 0.6 is 0 Å². The summed E-state index contributed by atoms with van der Waals surface area (Å²) in [6.45, 7) is 4.76. The number of hydrogen-bond donors (Lipinski definition) is 0. The summed E-state index contributed by atoms with van der Waals surface area (Å²) < 4.78 is 5.42. The van der Waals surface area contributed by atoms with E-state index in [1.807, 2.05) is 0 Å². The number of nitrogens with zero attached hydrogens (tertiary/aromatic N) is 1. The van der Waals surface area contributed by atoms with E-state index in [1.54, 1.807) is 18.2 Å². The Kier molecular flexibility index (Phi) is 2.23. The molecular formula is C11H13NO3. The van der Waals surface area contributed by atoms with Gasteiger partial charge in [-0.25, -0.2) is 0 Å². The predicted octanol–water partition coefficient (Wildman–Crippen LogP) is 2.69. The first-order valence-corrected chi connectivity index (χ1v) is 4.87. The highest BCUT2D eigenvalue weighted by molar-refractivity contribution is 5.42. The van der Waals surface area contributed by atoms with Gasteiger partial charge in [0, 0.05) is 11.5 Å². The Bertz CT molecular complexity index is 401. The van der Waals surface area contributed by atoms with E-state index in [2.05, 4.69) is 13.8 Å². The van der Waals surface area contributed by atoms with Crippen molar-refractivity contribution in [1.29, 1.82) is 0 Å². The maximum atomic E-state index is 10.8. The van der Waals surface area contributed by atoms with Crippen LogP contribution in [-0.4, -0.2) is 11.5 Å². The summed E-state index contributed by atoms with van der Waals surface area (Å²) >= 11 is 0. The van der Waals surface area contributed by atoms with Crippen molar-refractivity contribution in [1.82, 2.24) is 0 Å². The van der Waals surface area contributed by atoms with Crippen LogP contribution in [0.4, 0.5) is 5.69 Å². The minimum atomic E-state index is -0.354. The van der Waals surface area contributed by atoms with Gasteiger partial charge in [-0.1, -0.05) is 26.0 Å². The van der Waals surface area contributed by atoms with Gasteiger partial charge in [0.25, 0.3) is 5.69 Å². The van der Waals surface area contributed by atoms with E-state index in [0.717, 1.165) is 0 Å². The second-order valence-corrected chi connectivity index (χ2v) is 4.50.